The third-order valence-electron chi connectivity index (χ3n) is 5.87. The van der Waals surface area contributed by atoms with Crippen molar-refractivity contribution < 1.29 is 27.5 Å². The summed E-state index contributed by atoms with van der Waals surface area (Å²) >= 11 is 0. The van der Waals surface area contributed by atoms with E-state index in [1.165, 1.54) is 36.4 Å². The predicted octanol–water partition coefficient (Wildman–Crippen LogP) is 4.42. The fourth-order valence-corrected chi connectivity index (χ4v) is 5.63. The molecular formula is C27H26N2O6S. The van der Waals surface area contributed by atoms with Gasteiger partial charge in [0.15, 0.2) is 0 Å². The van der Waals surface area contributed by atoms with Crippen molar-refractivity contribution in [2.24, 2.45) is 0 Å². The average Bonchev–Trinajstić information content (AvgIpc) is 2.92. The summed E-state index contributed by atoms with van der Waals surface area (Å²) in [5.74, 6) is -1.53. The van der Waals surface area contributed by atoms with Gasteiger partial charge in [-0.05, 0) is 60.9 Å². The lowest BCUT2D eigenvalue weighted by Gasteiger charge is -2.23. The first-order chi connectivity index (χ1) is 17.1. The molecule has 3 aromatic carbocycles. The number of carbonyl (C=O) groups excluding carboxylic acids is 3. The number of nitrogens with one attached hydrogen (secondary N) is 1. The van der Waals surface area contributed by atoms with E-state index >= 15 is 0 Å². The van der Waals surface area contributed by atoms with Gasteiger partial charge in [0.05, 0.1) is 33.2 Å². The van der Waals surface area contributed by atoms with Gasteiger partial charge < -0.3 is 10.1 Å². The zero-order valence-corrected chi connectivity index (χ0v) is 21.0. The Kier molecular flexibility index (Phi) is 6.94. The Morgan fingerprint density at radius 3 is 2.33 bits per heavy atom. The van der Waals surface area contributed by atoms with E-state index < -0.39 is 34.2 Å². The Labute approximate surface area is 209 Å². The van der Waals surface area contributed by atoms with Gasteiger partial charge in [0.1, 0.15) is 6.54 Å². The van der Waals surface area contributed by atoms with Gasteiger partial charge in [-0.2, -0.15) is 0 Å². The molecule has 0 aromatic heterocycles. The molecule has 186 valence electrons. The van der Waals surface area contributed by atoms with E-state index in [1.807, 2.05) is 12.1 Å². The van der Waals surface area contributed by atoms with Gasteiger partial charge in [-0.3, -0.25) is 14.5 Å². The summed E-state index contributed by atoms with van der Waals surface area (Å²) in [5, 5.41) is 2.76. The quantitative estimate of drug-likeness (QED) is 0.496. The van der Waals surface area contributed by atoms with Crippen LogP contribution in [0.15, 0.2) is 76.5 Å². The third kappa shape index (κ3) is 4.74. The molecule has 1 heterocycles. The molecule has 1 N–H and O–H groups in total. The summed E-state index contributed by atoms with van der Waals surface area (Å²) < 4.78 is 32.0. The minimum atomic E-state index is -4.11. The highest BCUT2D eigenvalue weighted by molar-refractivity contribution is 7.91. The number of rotatable bonds is 6. The van der Waals surface area contributed by atoms with Gasteiger partial charge in [-0.25, -0.2) is 13.2 Å². The van der Waals surface area contributed by atoms with Crippen LogP contribution in [-0.4, -0.2) is 39.4 Å². The largest absolute Gasteiger partial charge is 0.462 e. The number of fused-ring (bicyclic) bond motifs is 2. The number of benzene rings is 3. The smallest absolute Gasteiger partial charge is 0.338 e. The maximum absolute atomic E-state index is 13.6. The summed E-state index contributed by atoms with van der Waals surface area (Å²) in [6.07, 6.45) is 0. The van der Waals surface area contributed by atoms with Crippen molar-refractivity contribution in [3.05, 3.63) is 83.4 Å². The highest BCUT2D eigenvalue weighted by Gasteiger charge is 2.37. The first kappa shape index (κ1) is 25.1. The molecule has 36 heavy (non-hydrogen) atoms. The lowest BCUT2D eigenvalue weighted by atomic mass is 10.0. The third-order valence-corrected chi connectivity index (χ3v) is 7.72. The normalized spacial score (nSPS) is 14.0. The summed E-state index contributed by atoms with van der Waals surface area (Å²) in [4.78, 5) is 39.7. The molecule has 8 nitrogen and oxygen atoms in total. The summed E-state index contributed by atoms with van der Waals surface area (Å²) in [6, 6.07) is 17.1. The van der Waals surface area contributed by atoms with E-state index in [9.17, 15) is 22.8 Å². The van der Waals surface area contributed by atoms with Crippen LogP contribution in [0, 0.1) is 0 Å². The minimum absolute atomic E-state index is 0.0551. The lowest BCUT2D eigenvalue weighted by molar-refractivity contribution is -0.114. The van der Waals surface area contributed by atoms with E-state index in [2.05, 4.69) is 19.2 Å². The lowest BCUT2D eigenvalue weighted by Crippen LogP contribution is -2.38. The van der Waals surface area contributed by atoms with Crippen molar-refractivity contribution in [1.82, 2.24) is 0 Å². The molecule has 0 spiro atoms. The van der Waals surface area contributed by atoms with Crippen LogP contribution in [0.4, 0.5) is 11.4 Å². The number of hydrogen-bond acceptors (Lipinski definition) is 6. The van der Waals surface area contributed by atoms with Gasteiger partial charge in [0.2, 0.25) is 15.7 Å². The van der Waals surface area contributed by atoms with Crippen molar-refractivity contribution >= 4 is 39.0 Å². The Morgan fingerprint density at radius 2 is 1.67 bits per heavy atom. The average molecular weight is 507 g/mol. The zero-order valence-electron chi connectivity index (χ0n) is 20.1. The molecule has 4 rings (SSSR count). The Hall–Kier alpha value is -3.98. The number of amides is 2. The summed E-state index contributed by atoms with van der Waals surface area (Å²) in [5.41, 5.74) is 1.60. The fraction of sp³-hybridized carbons (Fsp3) is 0.222. The monoisotopic (exact) mass is 506 g/mol. The van der Waals surface area contributed by atoms with E-state index in [0.717, 1.165) is 10.5 Å². The number of anilines is 2. The van der Waals surface area contributed by atoms with Gasteiger partial charge in [-0.1, -0.05) is 38.1 Å². The van der Waals surface area contributed by atoms with Crippen LogP contribution in [-0.2, 0) is 19.4 Å². The van der Waals surface area contributed by atoms with Gasteiger partial charge in [0.25, 0.3) is 5.91 Å². The maximum Gasteiger partial charge on any atom is 0.338 e. The van der Waals surface area contributed by atoms with Crippen molar-refractivity contribution in [1.29, 1.82) is 0 Å². The second-order valence-electron chi connectivity index (χ2n) is 8.62. The molecule has 9 heteroatoms. The molecule has 0 atom stereocenters. The molecule has 0 unspecified atom stereocenters. The van der Waals surface area contributed by atoms with Crippen LogP contribution < -0.4 is 10.2 Å². The van der Waals surface area contributed by atoms with Crippen molar-refractivity contribution in [2.75, 3.05) is 23.4 Å². The number of sulfone groups is 1. The van der Waals surface area contributed by atoms with Crippen molar-refractivity contribution in [2.45, 2.75) is 36.5 Å². The highest BCUT2D eigenvalue weighted by Crippen LogP contribution is 2.37. The van der Waals surface area contributed by atoms with Crippen LogP contribution in [0.25, 0.3) is 0 Å². The molecule has 0 saturated heterocycles. The number of nitrogens with zero attached hydrogens (tertiary/aromatic N) is 1. The SMILES string of the molecule is CCOC(=O)c1ccc2c(c1)N(CC(=O)Nc1ccc(C(C)C)cc1)C(=O)c1ccccc1S2(=O)=O. The zero-order chi connectivity index (χ0) is 26.0. The molecular weight excluding hydrogens is 480 g/mol. The molecule has 0 aliphatic carbocycles. The number of hydrogen-bond donors (Lipinski definition) is 1. The van der Waals surface area contributed by atoms with Crippen molar-refractivity contribution in [3.8, 4) is 0 Å². The molecule has 0 radical (unpaired) electrons. The summed E-state index contributed by atoms with van der Waals surface area (Å²) in [7, 11) is -4.11. The van der Waals surface area contributed by atoms with Gasteiger partial charge in [-0.15, -0.1) is 0 Å². The second kappa shape index (κ2) is 9.94. The van der Waals surface area contributed by atoms with E-state index in [-0.39, 0.29) is 33.2 Å². The molecule has 0 fully saturated rings. The Morgan fingerprint density at radius 1 is 0.972 bits per heavy atom. The molecule has 1 aliphatic heterocycles. The predicted molar refractivity (Wildman–Crippen MR) is 135 cm³/mol. The number of esters is 1. The number of carbonyl (C=O) groups is 3. The molecule has 2 amide bonds. The van der Waals surface area contributed by atoms with E-state index in [0.29, 0.717) is 11.6 Å². The first-order valence-corrected chi connectivity index (χ1v) is 13.0. The minimum Gasteiger partial charge on any atom is -0.462 e. The fourth-order valence-electron chi connectivity index (χ4n) is 4.00. The molecule has 0 bridgehead atoms. The number of ether oxygens (including phenoxy) is 1. The van der Waals surface area contributed by atoms with Crippen LogP contribution in [0.2, 0.25) is 0 Å². The van der Waals surface area contributed by atoms with Crippen LogP contribution in [0.3, 0.4) is 0 Å². The Balaban J connectivity index is 1.76. The van der Waals surface area contributed by atoms with Crippen LogP contribution in [0.1, 0.15) is 53.0 Å². The summed E-state index contributed by atoms with van der Waals surface area (Å²) in [6.45, 7) is 5.43. The molecule has 3 aromatic rings. The standard InChI is InChI=1S/C27H26N2O6S/c1-4-35-27(32)19-11-14-24-22(15-19)29(26(31)21-7-5-6-8-23(21)36(24,33)34)16-25(30)28-20-12-9-18(10-13-20)17(2)3/h5-15,17H,4,16H2,1-3H3,(H,28,30). The van der Waals surface area contributed by atoms with Gasteiger partial charge in [0, 0.05) is 5.69 Å². The van der Waals surface area contributed by atoms with Crippen molar-refractivity contribution in [3.63, 3.8) is 0 Å². The van der Waals surface area contributed by atoms with Gasteiger partial charge >= 0.3 is 5.97 Å². The molecule has 0 saturated carbocycles. The molecule has 1 aliphatic rings. The maximum atomic E-state index is 13.6. The van der Waals surface area contributed by atoms with Crippen LogP contribution >= 0.6 is 0 Å². The van der Waals surface area contributed by atoms with E-state index in [1.54, 1.807) is 25.1 Å². The second-order valence-corrected chi connectivity index (χ2v) is 10.5. The van der Waals surface area contributed by atoms with Crippen LogP contribution in [0.5, 0.6) is 0 Å². The first-order valence-electron chi connectivity index (χ1n) is 11.5. The Bertz CT molecular complexity index is 1450. The highest BCUT2D eigenvalue weighted by atomic mass is 32.2. The van der Waals surface area contributed by atoms with E-state index in [4.69, 9.17) is 4.74 Å². The topological polar surface area (TPSA) is 110 Å².